The topological polar surface area (TPSA) is 121 Å². The number of carbonyl (C=O) groups is 1. The smallest absolute Gasteiger partial charge is 0.784 e. The van der Waals surface area contributed by atoms with E-state index in [-0.39, 0.29) is 70.2 Å². The van der Waals surface area contributed by atoms with E-state index in [1.807, 2.05) is 0 Å². The minimum atomic E-state index is -3.11. The van der Waals surface area contributed by atoms with E-state index in [4.69, 9.17) is 28.3 Å². The molecule has 0 saturated heterocycles. The van der Waals surface area contributed by atoms with E-state index in [0.717, 1.165) is 0 Å². The summed E-state index contributed by atoms with van der Waals surface area (Å²) >= 11 is -3.11. The van der Waals surface area contributed by atoms with Gasteiger partial charge in [0.1, 0.15) is 0 Å². The van der Waals surface area contributed by atoms with Gasteiger partial charge in [-0.1, -0.05) is 0 Å². The number of hydrogen-bond donors (Lipinski definition) is 2. The third-order valence-electron chi connectivity index (χ3n) is 0. The predicted molar refractivity (Wildman–Crippen MR) is 20.4 cm³/mol. The summed E-state index contributed by atoms with van der Waals surface area (Å²) < 4.78 is 25.3. The van der Waals surface area contributed by atoms with Gasteiger partial charge in [0.2, 0.25) is 0 Å². The molecule has 9 heteroatoms. The van der Waals surface area contributed by atoms with Gasteiger partial charge in [0, 0.05) is 0 Å². The summed E-state index contributed by atoms with van der Waals surface area (Å²) in [5, 5.41) is 13.9. The molecule has 0 saturated carbocycles. The van der Waals surface area contributed by atoms with E-state index < -0.39 is 17.5 Å². The van der Waals surface area contributed by atoms with Gasteiger partial charge in [0.15, 0.2) is 0 Å². The first kappa shape index (κ1) is 22.6. The molecule has 0 spiro atoms. The third kappa shape index (κ3) is 284. The molecule has 10 heavy (non-hydrogen) atoms. The molecule has 0 rings (SSSR count). The molecular formula is CH2KLiO6S. The standard InChI is InChI=1S/CH2O3.K.Li.H2O3S/c2-1(3)4;;;1-4(2)3/h(H2,2,3,4);;;(H2,1,2,3)/q;2*+1;/p-2. The van der Waals surface area contributed by atoms with Crippen LogP contribution in [0, 0.1) is 0 Å². The van der Waals surface area contributed by atoms with Gasteiger partial charge in [-0.2, -0.15) is 0 Å². The van der Waals surface area contributed by atoms with E-state index in [2.05, 4.69) is 0 Å². The molecule has 0 aromatic carbocycles. The Balaban J connectivity index is -0.0000000300. The summed E-state index contributed by atoms with van der Waals surface area (Å²) in [5.41, 5.74) is 0. The van der Waals surface area contributed by atoms with Crippen LogP contribution in [-0.2, 0) is 11.4 Å². The van der Waals surface area contributed by atoms with Gasteiger partial charge in [-0.25, -0.2) is 4.79 Å². The average molecular weight is 188 g/mol. The van der Waals surface area contributed by atoms with Gasteiger partial charge >= 0.3 is 76.4 Å². The Kier molecular flexibility index (Phi) is 38.1. The fourth-order valence-electron chi connectivity index (χ4n) is 0. The van der Waals surface area contributed by atoms with E-state index in [0.29, 0.717) is 0 Å². The molecule has 0 aromatic heterocycles. The van der Waals surface area contributed by atoms with Crippen LogP contribution in [0.2, 0.25) is 0 Å². The molecule has 0 radical (unpaired) electrons. The van der Waals surface area contributed by atoms with Crippen LogP contribution in [0.1, 0.15) is 0 Å². The Morgan fingerprint density at radius 3 is 1.30 bits per heavy atom. The molecule has 0 heterocycles. The van der Waals surface area contributed by atoms with E-state index in [9.17, 15) is 0 Å². The Labute approximate surface area is 114 Å². The zero-order valence-electron chi connectivity index (χ0n) is 5.44. The largest absolute Gasteiger partial charge is 1.00 e. The van der Waals surface area contributed by atoms with Crippen LogP contribution >= 0.6 is 0 Å². The summed E-state index contributed by atoms with van der Waals surface area (Å²) in [7, 11) is 0. The molecule has 0 atom stereocenters. The van der Waals surface area contributed by atoms with Gasteiger partial charge in [0.05, 0.1) is 0 Å². The molecular weight excluding hydrogens is 186 g/mol. The monoisotopic (exact) mass is 188 g/mol. The summed E-state index contributed by atoms with van der Waals surface area (Å²) in [6.07, 6.45) is -1.83. The molecule has 0 aromatic rings. The van der Waals surface area contributed by atoms with Crippen LogP contribution in [-0.4, -0.2) is 29.7 Å². The molecule has 0 fully saturated rings. The van der Waals surface area contributed by atoms with E-state index in [1.54, 1.807) is 0 Å². The minimum absolute atomic E-state index is 0. The van der Waals surface area contributed by atoms with Gasteiger partial charge in [0.25, 0.3) is 0 Å². The van der Waals surface area contributed by atoms with Gasteiger partial charge in [-0.05, 0) is 0 Å². The van der Waals surface area contributed by atoms with Crippen LogP contribution in [0.15, 0.2) is 0 Å². The summed E-state index contributed by atoms with van der Waals surface area (Å²) in [6.45, 7) is 0. The van der Waals surface area contributed by atoms with Crippen molar-refractivity contribution in [1.82, 2.24) is 0 Å². The van der Waals surface area contributed by atoms with Crippen LogP contribution < -0.4 is 70.2 Å². The molecule has 0 amide bonds. The molecule has 0 aliphatic rings. The summed E-state index contributed by atoms with van der Waals surface area (Å²) in [4.78, 5) is 8.56. The van der Waals surface area contributed by atoms with Crippen molar-refractivity contribution >= 4 is 17.5 Å². The quantitative estimate of drug-likeness (QED) is 0.288. The minimum Gasteiger partial charge on any atom is -0.784 e. The number of carboxylic acid groups (broad SMARTS) is 2. The van der Waals surface area contributed by atoms with Gasteiger partial charge in [-0.3, -0.25) is 4.21 Å². The molecule has 2 N–H and O–H groups in total. The van der Waals surface area contributed by atoms with Crippen molar-refractivity contribution in [3.63, 3.8) is 0 Å². The van der Waals surface area contributed by atoms with Crippen molar-refractivity contribution in [2.45, 2.75) is 0 Å². The fourth-order valence-corrected chi connectivity index (χ4v) is 0. The van der Waals surface area contributed by atoms with Crippen LogP contribution in [0.3, 0.4) is 0 Å². The zero-order valence-corrected chi connectivity index (χ0v) is 9.38. The number of rotatable bonds is 0. The molecule has 0 aliphatic heterocycles. The maximum absolute atomic E-state index is 8.56. The molecule has 0 bridgehead atoms. The Hall–Kier alpha value is 1.57. The summed E-state index contributed by atoms with van der Waals surface area (Å²) in [6, 6.07) is 0. The molecule has 6 nitrogen and oxygen atoms in total. The Bertz CT molecular complexity index is 75.7. The average Bonchev–Trinajstić information content (AvgIpc) is 1.25. The fraction of sp³-hybridized carbons (Fsp3) is 0. The molecule has 50 valence electrons. The van der Waals surface area contributed by atoms with Gasteiger partial charge in [-0.15, -0.1) is 11.4 Å². The second kappa shape index (κ2) is 16.9. The maximum atomic E-state index is 8.56. The van der Waals surface area contributed by atoms with E-state index in [1.165, 1.54) is 0 Å². The van der Waals surface area contributed by atoms with Crippen molar-refractivity contribution in [2.24, 2.45) is 0 Å². The van der Waals surface area contributed by atoms with Crippen LogP contribution in [0.25, 0.3) is 0 Å². The summed E-state index contributed by atoms with van der Waals surface area (Å²) in [5.74, 6) is 0. The van der Waals surface area contributed by atoms with Gasteiger partial charge < -0.3 is 19.3 Å². The zero-order chi connectivity index (χ0) is 7.15. The van der Waals surface area contributed by atoms with E-state index >= 15 is 0 Å². The molecule has 0 unspecified atom stereocenters. The van der Waals surface area contributed by atoms with Crippen LogP contribution in [0.5, 0.6) is 0 Å². The Morgan fingerprint density at radius 2 is 1.30 bits per heavy atom. The number of hydrogen-bond acceptors (Lipinski definition) is 4. The normalized spacial score (nSPS) is 5.90. The second-order valence-corrected chi connectivity index (χ2v) is 0.895. The van der Waals surface area contributed by atoms with Crippen LogP contribution in [0.4, 0.5) is 4.79 Å². The third-order valence-corrected chi connectivity index (χ3v) is 0. The first-order valence-electron chi connectivity index (χ1n) is 1.15. The first-order chi connectivity index (χ1) is 3.46. The van der Waals surface area contributed by atoms with Crippen molar-refractivity contribution in [1.29, 1.82) is 0 Å². The van der Waals surface area contributed by atoms with Crippen molar-refractivity contribution in [2.75, 3.05) is 0 Å². The van der Waals surface area contributed by atoms with Crippen molar-refractivity contribution < 1.29 is 98.6 Å². The predicted octanol–water partition coefficient (Wildman–Crippen LogP) is -6.77. The SMILES string of the molecule is O=C(O)O.O=S([O-])[O-].[K+].[Li+]. The Morgan fingerprint density at radius 1 is 1.30 bits per heavy atom. The second-order valence-electron chi connectivity index (χ2n) is 0.487. The van der Waals surface area contributed by atoms with Crippen molar-refractivity contribution in [3.8, 4) is 0 Å². The first-order valence-corrected chi connectivity index (χ1v) is 2.15. The maximum Gasteiger partial charge on any atom is 1.00 e. The van der Waals surface area contributed by atoms with Crippen molar-refractivity contribution in [3.05, 3.63) is 0 Å². The molecule has 0 aliphatic carbocycles.